The van der Waals surface area contributed by atoms with Crippen LogP contribution in [0.15, 0.2) is 98.2 Å². The highest BCUT2D eigenvalue weighted by Crippen LogP contribution is 2.30. The van der Waals surface area contributed by atoms with Crippen molar-refractivity contribution in [1.29, 1.82) is 0 Å². The third kappa shape index (κ3) is 5.83. The molecule has 0 saturated carbocycles. The molecule has 3 aromatic carbocycles. The number of sulfonamides is 1. The van der Waals surface area contributed by atoms with Gasteiger partial charge in [0.25, 0.3) is 16.0 Å². The largest absolute Gasteiger partial charge is 0.387 e. The number of guanidine groups is 1. The first-order valence-electron chi connectivity index (χ1n) is 11.6. The number of aliphatic imine (C=N–C) groups is 1. The topological polar surface area (TPSA) is 100 Å². The van der Waals surface area contributed by atoms with Gasteiger partial charge >= 0.3 is 0 Å². The van der Waals surface area contributed by atoms with Crippen LogP contribution in [0.25, 0.3) is 0 Å². The normalized spacial score (nSPS) is 17.0. The molecule has 0 saturated heterocycles. The van der Waals surface area contributed by atoms with E-state index in [9.17, 15) is 8.42 Å². The molecule has 1 aliphatic heterocycles. The standard InChI is InChI=1S/C27H28ClN5O2S/c1-18(2)20-11-15-24(16-12-20)36(34,35)32-27(30-19(3)29)33-17-25(21-7-5-4-6-8-21)26(31-33)22-9-13-23(28)14-10-22/h4-16,18,25H,17H2,1-3H3,(H2,29,30,32)/t25-/m1/s1. The number of hydrogen-bond donors (Lipinski definition) is 1. The highest BCUT2D eigenvalue weighted by Gasteiger charge is 2.32. The number of halogens is 1. The summed E-state index contributed by atoms with van der Waals surface area (Å²) >= 11 is 6.10. The minimum atomic E-state index is -4.06. The van der Waals surface area contributed by atoms with Gasteiger partial charge in [-0.2, -0.15) is 18.5 Å². The molecule has 1 atom stereocenters. The van der Waals surface area contributed by atoms with Crippen molar-refractivity contribution in [2.24, 2.45) is 20.2 Å². The highest BCUT2D eigenvalue weighted by molar-refractivity contribution is 7.90. The van der Waals surface area contributed by atoms with Crippen LogP contribution >= 0.6 is 11.6 Å². The first-order chi connectivity index (χ1) is 17.1. The first-order valence-corrected chi connectivity index (χ1v) is 13.4. The van der Waals surface area contributed by atoms with E-state index in [1.54, 1.807) is 43.3 Å². The van der Waals surface area contributed by atoms with Gasteiger partial charge in [0.05, 0.1) is 23.0 Å². The van der Waals surface area contributed by atoms with Crippen LogP contribution in [0.2, 0.25) is 5.02 Å². The van der Waals surface area contributed by atoms with Crippen LogP contribution < -0.4 is 5.73 Å². The van der Waals surface area contributed by atoms with Gasteiger partial charge in [0.2, 0.25) is 0 Å². The predicted octanol–water partition coefficient (Wildman–Crippen LogP) is 5.39. The molecule has 36 heavy (non-hydrogen) atoms. The minimum absolute atomic E-state index is 0.0787. The third-order valence-corrected chi connectivity index (χ3v) is 7.33. The summed E-state index contributed by atoms with van der Waals surface area (Å²) in [6, 6.07) is 24.0. The molecule has 0 amide bonds. The molecule has 0 unspecified atom stereocenters. The summed E-state index contributed by atoms with van der Waals surface area (Å²) in [5, 5.41) is 6.88. The lowest BCUT2D eigenvalue weighted by Crippen LogP contribution is -2.27. The summed E-state index contributed by atoms with van der Waals surface area (Å²) in [5.74, 6) is 0.225. The lowest BCUT2D eigenvalue weighted by Gasteiger charge is -2.16. The SMILES string of the molecule is C/C(N)=N/C(=N\S(=O)(=O)c1ccc(C(C)C)cc1)N1C[C@H](c2ccccc2)C(c2ccc(Cl)cc2)=N1. The molecule has 0 bridgehead atoms. The number of nitrogens with two attached hydrogens (primary N) is 1. The Balaban J connectivity index is 1.77. The van der Waals surface area contributed by atoms with Gasteiger partial charge in [-0.05, 0) is 53.8 Å². The maximum absolute atomic E-state index is 13.2. The summed E-state index contributed by atoms with van der Waals surface area (Å²) in [6.07, 6.45) is 0. The van der Waals surface area contributed by atoms with Gasteiger partial charge in [-0.25, -0.2) is 5.01 Å². The molecule has 0 radical (unpaired) electrons. The Morgan fingerprint density at radius 3 is 2.25 bits per heavy atom. The fraction of sp³-hybridized carbons (Fsp3) is 0.222. The van der Waals surface area contributed by atoms with Crippen molar-refractivity contribution < 1.29 is 8.42 Å². The second-order valence-corrected chi connectivity index (χ2v) is 10.9. The molecule has 2 N–H and O–H groups in total. The Morgan fingerprint density at radius 2 is 1.67 bits per heavy atom. The molecular weight excluding hydrogens is 494 g/mol. The molecule has 0 spiro atoms. The Labute approximate surface area is 217 Å². The van der Waals surface area contributed by atoms with Gasteiger partial charge in [0, 0.05) is 10.9 Å². The van der Waals surface area contributed by atoms with Crippen molar-refractivity contribution in [3.05, 3.63) is 101 Å². The second-order valence-electron chi connectivity index (χ2n) is 8.88. The Hall–Kier alpha value is -3.49. The van der Waals surface area contributed by atoms with Crippen molar-refractivity contribution in [2.75, 3.05) is 6.54 Å². The maximum Gasteiger partial charge on any atom is 0.285 e. The van der Waals surface area contributed by atoms with Gasteiger partial charge in [-0.3, -0.25) is 0 Å². The number of hydrazone groups is 1. The Bertz CT molecular complexity index is 1410. The van der Waals surface area contributed by atoms with Crippen LogP contribution in [0.1, 0.15) is 49.3 Å². The van der Waals surface area contributed by atoms with Crippen LogP contribution in [0.3, 0.4) is 0 Å². The van der Waals surface area contributed by atoms with E-state index in [1.807, 2.05) is 56.3 Å². The Morgan fingerprint density at radius 1 is 1.03 bits per heavy atom. The number of hydrogen-bond acceptors (Lipinski definition) is 3. The van der Waals surface area contributed by atoms with Crippen LogP contribution in [-0.4, -0.2) is 37.5 Å². The van der Waals surface area contributed by atoms with Crippen molar-refractivity contribution in [1.82, 2.24) is 5.01 Å². The second kappa shape index (κ2) is 10.6. The monoisotopic (exact) mass is 521 g/mol. The van der Waals surface area contributed by atoms with Crippen LogP contribution in [0.4, 0.5) is 0 Å². The van der Waals surface area contributed by atoms with E-state index in [2.05, 4.69) is 9.39 Å². The zero-order valence-electron chi connectivity index (χ0n) is 20.3. The van der Waals surface area contributed by atoms with Gasteiger partial charge in [0.15, 0.2) is 0 Å². The lowest BCUT2D eigenvalue weighted by atomic mass is 9.91. The van der Waals surface area contributed by atoms with E-state index in [4.69, 9.17) is 22.4 Å². The molecule has 3 aromatic rings. The zero-order valence-corrected chi connectivity index (χ0v) is 21.9. The summed E-state index contributed by atoms with van der Waals surface area (Å²) in [7, 11) is -4.06. The molecular formula is C27H28ClN5O2S. The minimum Gasteiger partial charge on any atom is -0.387 e. The Kier molecular flexibility index (Phi) is 7.56. The summed E-state index contributed by atoms with van der Waals surface area (Å²) < 4.78 is 30.5. The van der Waals surface area contributed by atoms with E-state index in [0.717, 1.165) is 22.4 Å². The van der Waals surface area contributed by atoms with E-state index in [-0.39, 0.29) is 28.5 Å². The van der Waals surface area contributed by atoms with Crippen molar-refractivity contribution >= 4 is 39.1 Å². The van der Waals surface area contributed by atoms with E-state index in [1.165, 1.54) is 5.01 Å². The van der Waals surface area contributed by atoms with Crippen LogP contribution in [0, 0.1) is 0 Å². The molecule has 0 aromatic heterocycles. The summed E-state index contributed by atoms with van der Waals surface area (Å²) in [6.45, 7) is 6.02. The average molecular weight is 522 g/mol. The van der Waals surface area contributed by atoms with Gasteiger partial charge in [-0.1, -0.05) is 80.0 Å². The number of amidine groups is 1. The van der Waals surface area contributed by atoms with E-state index < -0.39 is 10.0 Å². The molecule has 9 heteroatoms. The van der Waals surface area contributed by atoms with Gasteiger partial charge < -0.3 is 5.73 Å². The van der Waals surface area contributed by atoms with Crippen molar-refractivity contribution in [3.8, 4) is 0 Å². The molecule has 0 fully saturated rings. The van der Waals surface area contributed by atoms with Gasteiger partial charge in [-0.15, -0.1) is 4.40 Å². The highest BCUT2D eigenvalue weighted by atomic mass is 35.5. The van der Waals surface area contributed by atoms with E-state index >= 15 is 0 Å². The molecule has 0 aliphatic carbocycles. The molecule has 1 aliphatic rings. The average Bonchev–Trinajstić information content (AvgIpc) is 3.30. The van der Waals surface area contributed by atoms with Crippen LogP contribution in [-0.2, 0) is 10.0 Å². The van der Waals surface area contributed by atoms with Gasteiger partial charge in [0.1, 0.15) is 0 Å². The molecule has 7 nitrogen and oxygen atoms in total. The zero-order chi connectivity index (χ0) is 25.9. The molecule has 4 rings (SSSR count). The maximum atomic E-state index is 13.2. The molecule has 1 heterocycles. The van der Waals surface area contributed by atoms with Crippen molar-refractivity contribution in [3.63, 3.8) is 0 Å². The number of benzene rings is 3. The predicted molar refractivity (Wildman–Crippen MR) is 146 cm³/mol. The smallest absolute Gasteiger partial charge is 0.285 e. The number of nitrogens with zero attached hydrogens (tertiary/aromatic N) is 4. The first kappa shape index (κ1) is 25.6. The third-order valence-electron chi connectivity index (χ3n) is 5.81. The van der Waals surface area contributed by atoms with Crippen molar-refractivity contribution in [2.45, 2.75) is 37.5 Å². The van der Waals surface area contributed by atoms with Crippen LogP contribution in [0.5, 0.6) is 0 Å². The fourth-order valence-corrected chi connectivity index (χ4v) is 4.98. The van der Waals surface area contributed by atoms with E-state index in [0.29, 0.717) is 11.6 Å². The summed E-state index contributed by atoms with van der Waals surface area (Å²) in [5.41, 5.74) is 9.57. The quantitative estimate of drug-likeness (QED) is 0.359. The lowest BCUT2D eigenvalue weighted by molar-refractivity contribution is 0.470. The fourth-order valence-electron chi connectivity index (χ4n) is 3.92. The summed E-state index contributed by atoms with van der Waals surface area (Å²) in [4.78, 5) is 4.33. The molecule has 186 valence electrons. The number of rotatable bonds is 5.